The van der Waals surface area contributed by atoms with Crippen LogP contribution in [0, 0.1) is 11.7 Å². The van der Waals surface area contributed by atoms with Crippen LogP contribution in [0.15, 0.2) is 42.9 Å². The number of hydrogen-bond donors (Lipinski definition) is 0. The first-order valence-electron chi connectivity index (χ1n) is 13.5. The number of benzene rings is 1. The Morgan fingerprint density at radius 1 is 1.13 bits per heavy atom. The van der Waals surface area contributed by atoms with Crippen molar-refractivity contribution in [2.24, 2.45) is 5.92 Å². The van der Waals surface area contributed by atoms with Gasteiger partial charge in [-0.1, -0.05) is 0 Å². The summed E-state index contributed by atoms with van der Waals surface area (Å²) in [5, 5.41) is 0.712. The molecule has 1 fully saturated rings. The SMILES string of the molecule is CCN(C(=O)c1cc(F)ccc1-n1cc(C(=O)C2CCN(C(=O)OC(C)(C)C)CC2)c2ccncc21)C(C)C. The number of aromatic nitrogens is 2. The number of carbonyl (C=O) groups is 3. The fourth-order valence-corrected chi connectivity index (χ4v) is 5.13. The van der Waals surface area contributed by atoms with Crippen LogP contribution < -0.4 is 0 Å². The number of piperidine rings is 1. The van der Waals surface area contributed by atoms with Gasteiger partial charge in [0.25, 0.3) is 5.91 Å². The Hall–Kier alpha value is -3.75. The molecular formula is C30H37FN4O4. The number of halogens is 1. The van der Waals surface area contributed by atoms with E-state index in [0.717, 1.165) is 0 Å². The molecule has 1 saturated heterocycles. The molecule has 3 aromatic rings. The topological polar surface area (TPSA) is 84.7 Å². The molecule has 0 spiro atoms. The number of rotatable bonds is 6. The first-order valence-corrected chi connectivity index (χ1v) is 13.5. The molecule has 1 aliphatic rings. The Kier molecular flexibility index (Phi) is 8.09. The second-order valence-corrected chi connectivity index (χ2v) is 11.3. The van der Waals surface area contributed by atoms with Gasteiger partial charge in [-0.3, -0.25) is 14.6 Å². The standard InChI is InChI=1S/C30H37FN4O4/c1-7-34(19(2)3)28(37)23-16-21(31)8-9-25(23)35-18-24(22-10-13-32-17-26(22)35)27(36)20-11-14-33(15-12-20)29(38)39-30(4,5)6/h8-10,13,16-20H,7,11-12,14-15H2,1-6H3. The Labute approximate surface area is 228 Å². The average molecular weight is 537 g/mol. The van der Waals surface area contributed by atoms with Crippen molar-refractivity contribution in [1.29, 1.82) is 0 Å². The number of ether oxygens (including phenoxy) is 1. The number of fused-ring (bicyclic) bond motifs is 1. The number of Topliss-reactive ketones (excluding diaryl/α,β-unsaturated/α-hetero) is 1. The second-order valence-electron chi connectivity index (χ2n) is 11.3. The van der Waals surface area contributed by atoms with E-state index in [1.54, 1.807) is 45.1 Å². The number of amides is 2. The maximum atomic E-state index is 14.4. The summed E-state index contributed by atoms with van der Waals surface area (Å²) in [6.07, 6.45) is 5.68. The van der Waals surface area contributed by atoms with Gasteiger partial charge in [0.05, 0.1) is 23.0 Å². The van der Waals surface area contributed by atoms with Crippen LogP contribution in [0.3, 0.4) is 0 Å². The summed E-state index contributed by atoms with van der Waals surface area (Å²) < 4.78 is 21.6. The summed E-state index contributed by atoms with van der Waals surface area (Å²) in [6, 6.07) is 5.85. The fourth-order valence-electron chi connectivity index (χ4n) is 5.13. The molecule has 9 heteroatoms. The predicted octanol–water partition coefficient (Wildman–Crippen LogP) is 5.86. The summed E-state index contributed by atoms with van der Waals surface area (Å²) in [6.45, 7) is 12.6. The summed E-state index contributed by atoms with van der Waals surface area (Å²) in [7, 11) is 0. The van der Waals surface area contributed by atoms with Crippen LogP contribution in [-0.4, -0.2) is 68.4 Å². The largest absolute Gasteiger partial charge is 0.444 e. The molecule has 0 aliphatic carbocycles. The van der Waals surface area contributed by atoms with E-state index >= 15 is 0 Å². The Morgan fingerprint density at radius 3 is 2.44 bits per heavy atom. The first-order chi connectivity index (χ1) is 18.4. The summed E-state index contributed by atoms with van der Waals surface area (Å²) in [5.41, 5.74) is 1.29. The van der Waals surface area contributed by atoms with E-state index in [1.807, 2.05) is 41.5 Å². The first kappa shape index (κ1) is 28.3. The molecule has 1 aromatic carbocycles. The molecule has 2 aromatic heterocycles. The number of likely N-dealkylation sites (tertiary alicyclic amines) is 1. The second kappa shape index (κ2) is 11.2. The lowest BCUT2D eigenvalue weighted by atomic mass is 9.89. The Balaban J connectivity index is 1.67. The predicted molar refractivity (Wildman–Crippen MR) is 148 cm³/mol. The van der Waals surface area contributed by atoms with Crippen LogP contribution in [0.1, 0.15) is 75.1 Å². The number of ketones is 1. The van der Waals surface area contributed by atoms with Gasteiger partial charge in [-0.25, -0.2) is 9.18 Å². The minimum atomic E-state index is -0.580. The smallest absolute Gasteiger partial charge is 0.410 e. The molecular weight excluding hydrogens is 499 g/mol. The monoisotopic (exact) mass is 536 g/mol. The van der Waals surface area contributed by atoms with Crippen molar-refractivity contribution in [3.05, 3.63) is 59.8 Å². The molecule has 0 unspecified atom stereocenters. The molecule has 39 heavy (non-hydrogen) atoms. The van der Waals surface area contributed by atoms with Crippen LogP contribution in [0.4, 0.5) is 9.18 Å². The van der Waals surface area contributed by atoms with E-state index in [0.29, 0.717) is 54.6 Å². The third-order valence-corrected chi connectivity index (χ3v) is 7.06. The Morgan fingerprint density at radius 2 is 1.82 bits per heavy atom. The minimum absolute atomic E-state index is 0.0267. The van der Waals surface area contributed by atoms with Crippen LogP contribution in [-0.2, 0) is 4.74 Å². The van der Waals surface area contributed by atoms with Crippen LogP contribution in [0.25, 0.3) is 16.6 Å². The van der Waals surface area contributed by atoms with E-state index in [-0.39, 0.29) is 35.3 Å². The van der Waals surface area contributed by atoms with Crippen molar-refractivity contribution in [1.82, 2.24) is 19.4 Å². The van der Waals surface area contributed by atoms with Gasteiger partial charge in [-0.15, -0.1) is 0 Å². The highest BCUT2D eigenvalue weighted by Crippen LogP contribution is 2.31. The van der Waals surface area contributed by atoms with Crippen molar-refractivity contribution < 1.29 is 23.5 Å². The Bertz CT molecular complexity index is 1380. The van der Waals surface area contributed by atoms with Crippen LogP contribution in [0.5, 0.6) is 0 Å². The van der Waals surface area contributed by atoms with Gasteiger partial charge >= 0.3 is 6.09 Å². The molecule has 0 saturated carbocycles. The normalized spacial score (nSPS) is 14.6. The quantitative estimate of drug-likeness (QED) is 0.368. The molecule has 2 amide bonds. The van der Waals surface area contributed by atoms with Gasteiger partial charge in [-0.05, 0) is 78.6 Å². The van der Waals surface area contributed by atoms with Crippen molar-refractivity contribution in [3.8, 4) is 5.69 Å². The van der Waals surface area contributed by atoms with E-state index in [4.69, 9.17) is 4.74 Å². The number of carbonyl (C=O) groups excluding carboxylic acids is 3. The molecule has 0 atom stereocenters. The number of pyridine rings is 1. The molecule has 0 bridgehead atoms. The molecule has 4 rings (SSSR count). The highest BCUT2D eigenvalue weighted by atomic mass is 19.1. The summed E-state index contributed by atoms with van der Waals surface area (Å²) in [4.78, 5) is 47.3. The minimum Gasteiger partial charge on any atom is -0.444 e. The van der Waals surface area contributed by atoms with Crippen molar-refractivity contribution in [3.63, 3.8) is 0 Å². The summed E-state index contributed by atoms with van der Waals surface area (Å²) in [5.74, 6) is -1.08. The molecule has 1 aliphatic heterocycles. The molecule has 3 heterocycles. The molecule has 0 radical (unpaired) electrons. The third kappa shape index (κ3) is 5.97. The van der Waals surface area contributed by atoms with Gasteiger partial charge in [-0.2, -0.15) is 0 Å². The lowest BCUT2D eigenvalue weighted by Crippen LogP contribution is -2.43. The zero-order valence-corrected chi connectivity index (χ0v) is 23.5. The van der Waals surface area contributed by atoms with E-state index in [9.17, 15) is 18.8 Å². The van der Waals surface area contributed by atoms with E-state index in [1.165, 1.54) is 12.1 Å². The molecule has 208 valence electrons. The number of nitrogens with zero attached hydrogens (tertiary/aromatic N) is 4. The van der Waals surface area contributed by atoms with Gasteiger partial charge in [0.1, 0.15) is 11.4 Å². The maximum absolute atomic E-state index is 14.4. The van der Waals surface area contributed by atoms with Crippen molar-refractivity contribution in [2.75, 3.05) is 19.6 Å². The lowest BCUT2D eigenvalue weighted by molar-refractivity contribution is 0.0182. The van der Waals surface area contributed by atoms with Crippen LogP contribution in [0.2, 0.25) is 0 Å². The third-order valence-electron chi connectivity index (χ3n) is 7.06. The van der Waals surface area contributed by atoms with Crippen LogP contribution >= 0.6 is 0 Å². The fraction of sp³-hybridized carbons (Fsp3) is 0.467. The maximum Gasteiger partial charge on any atom is 0.410 e. The average Bonchev–Trinajstić information content (AvgIpc) is 3.27. The van der Waals surface area contributed by atoms with E-state index < -0.39 is 11.4 Å². The lowest BCUT2D eigenvalue weighted by Gasteiger charge is -2.32. The number of hydrogen-bond acceptors (Lipinski definition) is 5. The molecule has 0 N–H and O–H groups in total. The summed E-state index contributed by atoms with van der Waals surface area (Å²) >= 11 is 0. The van der Waals surface area contributed by atoms with Gasteiger partial charge < -0.3 is 19.1 Å². The zero-order valence-electron chi connectivity index (χ0n) is 23.5. The van der Waals surface area contributed by atoms with Crippen molar-refractivity contribution in [2.45, 2.75) is 66.0 Å². The highest BCUT2D eigenvalue weighted by Gasteiger charge is 2.32. The van der Waals surface area contributed by atoms with Gasteiger partial charge in [0, 0.05) is 54.9 Å². The van der Waals surface area contributed by atoms with Gasteiger partial charge in [0.15, 0.2) is 5.78 Å². The zero-order chi connectivity index (χ0) is 28.5. The highest BCUT2D eigenvalue weighted by molar-refractivity contribution is 6.10. The molecule has 8 nitrogen and oxygen atoms in total. The van der Waals surface area contributed by atoms with E-state index in [2.05, 4.69) is 4.98 Å². The van der Waals surface area contributed by atoms with Crippen molar-refractivity contribution >= 4 is 28.7 Å². The van der Waals surface area contributed by atoms with Gasteiger partial charge in [0.2, 0.25) is 0 Å².